The van der Waals surface area contributed by atoms with Crippen LogP contribution in [0, 0.1) is 0 Å². The van der Waals surface area contributed by atoms with Crippen LogP contribution in [-0.2, 0) is 0 Å². The zero-order valence-corrected chi connectivity index (χ0v) is 9.60. The van der Waals surface area contributed by atoms with Crippen molar-refractivity contribution in [1.82, 2.24) is 4.90 Å². The SMILES string of the molecule is C=C(CC)N(CCCC)CCCC. The molecule has 0 saturated carbocycles. The van der Waals surface area contributed by atoms with Crippen molar-refractivity contribution < 1.29 is 0 Å². The Morgan fingerprint density at radius 2 is 1.46 bits per heavy atom. The zero-order chi connectivity index (χ0) is 10.1. The van der Waals surface area contributed by atoms with Crippen LogP contribution in [0.3, 0.4) is 0 Å². The second-order valence-corrected chi connectivity index (χ2v) is 3.61. The van der Waals surface area contributed by atoms with Gasteiger partial charge in [0.1, 0.15) is 0 Å². The third-order valence-corrected chi connectivity index (χ3v) is 2.42. The van der Waals surface area contributed by atoms with Crippen molar-refractivity contribution in [3.63, 3.8) is 0 Å². The highest BCUT2D eigenvalue weighted by molar-refractivity contribution is 4.92. The quantitative estimate of drug-likeness (QED) is 0.553. The maximum Gasteiger partial charge on any atom is 0.0174 e. The standard InChI is InChI=1S/C12H25N/c1-5-8-10-13(11-9-6-2)12(4)7-3/h4-11H2,1-3H3. The molecule has 0 aliphatic carbocycles. The molecule has 0 saturated heterocycles. The summed E-state index contributed by atoms with van der Waals surface area (Å²) in [7, 11) is 0. The lowest BCUT2D eigenvalue weighted by Gasteiger charge is -2.25. The van der Waals surface area contributed by atoms with Crippen LogP contribution in [0.5, 0.6) is 0 Å². The Morgan fingerprint density at radius 3 is 1.77 bits per heavy atom. The molecule has 1 heteroatoms. The summed E-state index contributed by atoms with van der Waals surface area (Å²) in [6.45, 7) is 13.2. The van der Waals surface area contributed by atoms with Gasteiger partial charge < -0.3 is 4.90 Å². The molecule has 0 atom stereocenters. The van der Waals surface area contributed by atoms with E-state index in [9.17, 15) is 0 Å². The van der Waals surface area contributed by atoms with E-state index in [1.165, 1.54) is 44.5 Å². The van der Waals surface area contributed by atoms with Crippen LogP contribution in [0.2, 0.25) is 0 Å². The van der Waals surface area contributed by atoms with Gasteiger partial charge in [-0.05, 0) is 19.3 Å². The molecule has 0 aromatic heterocycles. The Bertz CT molecular complexity index is 121. The minimum absolute atomic E-state index is 1.09. The maximum absolute atomic E-state index is 4.11. The summed E-state index contributed by atoms with van der Waals surface area (Å²) in [6, 6.07) is 0. The number of nitrogens with zero attached hydrogens (tertiary/aromatic N) is 1. The van der Waals surface area contributed by atoms with Crippen LogP contribution in [-0.4, -0.2) is 18.0 Å². The first-order valence-corrected chi connectivity index (χ1v) is 5.68. The Kier molecular flexibility index (Phi) is 7.86. The van der Waals surface area contributed by atoms with E-state index in [0.29, 0.717) is 0 Å². The lowest BCUT2D eigenvalue weighted by atomic mass is 10.2. The minimum atomic E-state index is 1.09. The summed E-state index contributed by atoms with van der Waals surface area (Å²) in [5.74, 6) is 0. The summed E-state index contributed by atoms with van der Waals surface area (Å²) in [5, 5.41) is 0. The van der Waals surface area contributed by atoms with Crippen molar-refractivity contribution >= 4 is 0 Å². The zero-order valence-electron chi connectivity index (χ0n) is 9.60. The van der Waals surface area contributed by atoms with Gasteiger partial charge in [-0.15, -0.1) is 0 Å². The van der Waals surface area contributed by atoms with E-state index in [2.05, 4.69) is 32.3 Å². The van der Waals surface area contributed by atoms with E-state index in [-0.39, 0.29) is 0 Å². The molecule has 0 amide bonds. The predicted molar refractivity (Wildman–Crippen MR) is 60.8 cm³/mol. The lowest BCUT2D eigenvalue weighted by Crippen LogP contribution is -2.24. The molecule has 0 N–H and O–H groups in total. The van der Waals surface area contributed by atoms with Gasteiger partial charge in [-0.2, -0.15) is 0 Å². The van der Waals surface area contributed by atoms with E-state index in [1.807, 2.05) is 0 Å². The molecule has 0 heterocycles. The van der Waals surface area contributed by atoms with Crippen LogP contribution in [0.15, 0.2) is 12.3 Å². The van der Waals surface area contributed by atoms with Gasteiger partial charge in [-0.3, -0.25) is 0 Å². The van der Waals surface area contributed by atoms with E-state index in [1.54, 1.807) is 0 Å². The molecule has 0 aliphatic heterocycles. The fourth-order valence-corrected chi connectivity index (χ4v) is 1.35. The van der Waals surface area contributed by atoms with Crippen molar-refractivity contribution in [2.75, 3.05) is 13.1 Å². The van der Waals surface area contributed by atoms with Crippen molar-refractivity contribution in [3.05, 3.63) is 12.3 Å². The van der Waals surface area contributed by atoms with Crippen molar-refractivity contribution in [2.24, 2.45) is 0 Å². The van der Waals surface area contributed by atoms with Gasteiger partial charge >= 0.3 is 0 Å². The van der Waals surface area contributed by atoms with Crippen molar-refractivity contribution in [1.29, 1.82) is 0 Å². The summed E-state index contributed by atoms with van der Waals surface area (Å²) < 4.78 is 0. The smallest absolute Gasteiger partial charge is 0.0174 e. The monoisotopic (exact) mass is 183 g/mol. The van der Waals surface area contributed by atoms with Gasteiger partial charge in [0.05, 0.1) is 0 Å². The highest BCUT2D eigenvalue weighted by Gasteiger charge is 2.03. The Labute approximate surface area is 83.8 Å². The highest BCUT2D eigenvalue weighted by atomic mass is 15.1. The molecule has 0 aromatic carbocycles. The second kappa shape index (κ2) is 8.15. The van der Waals surface area contributed by atoms with E-state index in [4.69, 9.17) is 0 Å². The van der Waals surface area contributed by atoms with E-state index < -0.39 is 0 Å². The molecular weight excluding hydrogens is 158 g/mol. The third-order valence-electron chi connectivity index (χ3n) is 2.42. The summed E-state index contributed by atoms with van der Waals surface area (Å²) >= 11 is 0. The van der Waals surface area contributed by atoms with Gasteiger partial charge in [0.2, 0.25) is 0 Å². The molecule has 0 radical (unpaired) electrons. The van der Waals surface area contributed by atoms with Gasteiger partial charge in [0.25, 0.3) is 0 Å². The van der Waals surface area contributed by atoms with Crippen LogP contribution >= 0.6 is 0 Å². The first-order chi connectivity index (χ1) is 6.26. The summed E-state index contributed by atoms with van der Waals surface area (Å²) in [6.07, 6.45) is 6.23. The van der Waals surface area contributed by atoms with Gasteiger partial charge in [0.15, 0.2) is 0 Å². The van der Waals surface area contributed by atoms with Crippen LogP contribution < -0.4 is 0 Å². The number of allylic oxidation sites excluding steroid dienone is 1. The number of unbranched alkanes of at least 4 members (excludes halogenated alkanes) is 2. The average molecular weight is 183 g/mol. The van der Waals surface area contributed by atoms with Crippen LogP contribution in [0.1, 0.15) is 52.9 Å². The predicted octanol–water partition coefficient (Wildman–Crippen LogP) is 3.81. The second-order valence-electron chi connectivity index (χ2n) is 3.61. The molecule has 0 aromatic rings. The third kappa shape index (κ3) is 5.73. The molecule has 78 valence electrons. The molecule has 0 spiro atoms. The van der Waals surface area contributed by atoms with Crippen molar-refractivity contribution in [2.45, 2.75) is 52.9 Å². The van der Waals surface area contributed by atoms with Gasteiger partial charge in [-0.25, -0.2) is 0 Å². The first kappa shape index (κ1) is 12.5. The van der Waals surface area contributed by atoms with Crippen LogP contribution in [0.4, 0.5) is 0 Å². The normalized spacial score (nSPS) is 10.1. The number of rotatable bonds is 8. The number of hydrogen-bond donors (Lipinski definition) is 0. The molecule has 13 heavy (non-hydrogen) atoms. The Hall–Kier alpha value is -0.460. The first-order valence-electron chi connectivity index (χ1n) is 5.68. The molecule has 0 fully saturated rings. The molecule has 0 unspecified atom stereocenters. The van der Waals surface area contributed by atoms with Crippen molar-refractivity contribution in [3.8, 4) is 0 Å². The molecule has 0 aliphatic rings. The van der Waals surface area contributed by atoms with Crippen LogP contribution in [0.25, 0.3) is 0 Å². The molecule has 0 rings (SSSR count). The van der Waals surface area contributed by atoms with E-state index >= 15 is 0 Å². The Morgan fingerprint density at radius 1 is 1.00 bits per heavy atom. The van der Waals surface area contributed by atoms with Gasteiger partial charge in [0, 0.05) is 18.8 Å². The fourth-order valence-electron chi connectivity index (χ4n) is 1.35. The minimum Gasteiger partial charge on any atom is -0.375 e. The Balaban J connectivity index is 3.79. The fraction of sp³-hybridized carbons (Fsp3) is 0.833. The molecular formula is C12H25N. The molecule has 0 bridgehead atoms. The topological polar surface area (TPSA) is 3.24 Å². The lowest BCUT2D eigenvalue weighted by molar-refractivity contribution is 0.324. The summed E-state index contributed by atoms with van der Waals surface area (Å²) in [5.41, 5.74) is 1.31. The molecule has 1 nitrogen and oxygen atoms in total. The van der Waals surface area contributed by atoms with Gasteiger partial charge in [-0.1, -0.05) is 40.2 Å². The highest BCUT2D eigenvalue weighted by Crippen LogP contribution is 2.09. The summed E-state index contributed by atoms with van der Waals surface area (Å²) in [4.78, 5) is 2.45. The average Bonchev–Trinajstić information content (AvgIpc) is 2.17. The largest absolute Gasteiger partial charge is 0.375 e. The van der Waals surface area contributed by atoms with E-state index in [0.717, 1.165) is 6.42 Å². The maximum atomic E-state index is 4.11. The number of hydrogen-bond acceptors (Lipinski definition) is 1.